The number of rotatable bonds is 5. The van der Waals surface area contributed by atoms with Crippen LogP contribution in [-0.2, 0) is 0 Å². The zero-order chi connectivity index (χ0) is 19.4. The Morgan fingerprint density at radius 3 is 2.27 bits per heavy atom. The number of aliphatic hydroxyl groups is 1. The second kappa shape index (κ2) is 11.7. The van der Waals surface area contributed by atoms with Crippen LogP contribution in [0.5, 0.6) is 0 Å². The van der Waals surface area contributed by atoms with Crippen molar-refractivity contribution in [1.82, 2.24) is 10.2 Å². The molecule has 1 aliphatic carbocycles. The van der Waals surface area contributed by atoms with Crippen LogP contribution < -0.4 is 5.32 Å². The van der Waals surface area contributed by atoms with E-state index in [0.29, 0.717) is 0 Å². The lowest BCUT2D eigenvalue weighted by Gasteiger charge is -2.42. The zero-order valence-corrected chi connectivity index (χ0v) is 19.7. The Balaban J connectivity index is 0.00000160. The van der Waals surface area contributed by atoms with Gasteiger partial charge in [-0.1, -0.05) is 67.3 Å². The summed E-state index contributed by atoms with van der Waals surface area (Å²) in [5, 5.41) is 15.8. The van der Waals surface area contributed by atoms with E-state index in [1.807, 2.05) is 12.1 Å². The van der Waals surface area contributed by atoms with Gasteiger partial charge in [0, 0.05) is 43.7 Å². The predicted molar refractivity (Wildman–Crippen MR) is 131 cm³/mol. The minimum absolute atomic E-state index is 0. The highest BCUT2D eigenvalue weighted by atomic mass is 35.5. The van der Waals surface area contributed by atoms with Gasteiger partial charge in [-0.2, -0.15) is 0 Å². The van der Waals surface area contributed by atoms with Gasteiger partial charge < -0.3 is 15.3 Å². The monoisotopic (exact) mass is 470 g/mol. The number of nitrogens with zero attached hydrogens (tertiary/aromatic N) is 1. The van der Waals surface area contributed by atoms with E-state index in [1.165, 1.54) is 23.1 Å². The van der Waals surface area contributed by atoms with Gasteiger partial charge in [0.2, 0.25) is 0 Å². The molecule has 2 aliphatic rings. The summed E-state index contributed by atoms with van der Waals surface area (Å²) in [6.45, 7) is 5.13. The third-order valence-electron chi connectivity index (χ3n) is 6.48. The molecule has 166 valence electrons. The fourth-order valence-corrected chi connectivity index (χ4v) is 4.95. The van der Waals surface area contributed by atoms with Crippen LogP contribution in [0.3, 0.4) is 0 Å². The summed E-state index contributed by atoms with van der Waals surface area (Å²) >= 11 is 6.07. The van der Waals surface area contributed by atoms with E-state index in [-0.39, 0.29) is 30.7 Å². The first-order valence-corrected chi connectivity index (χ1v) is 11.0. The molecule has 2 aromatic rings. The molecule has 1 heterocycles. The average Bonchev–Trinajstić information content (AvgIpc) is 2.74. The summed E-state index contributed by atoms with van der Waals surface area (Å²) in [6.07, 6.45) is 5.33. The Hall–Kier alpha value is -0.810. The van der Waals surface area contributed by atoms with Crippen LogP contribution >= 0.6 is 36.4 Å². The van der Waals surface area contributed by atoms with Crippen LogP contribution in [0.1, 0.15) is 43.6 Å². The fraction of sp³-hybridized carbons (Fsp3) is 0.500. The van der Waals surface area contributed by atoms with Gasteiger partial charge in [-0.05, 0) is 41.7 Å². The molecule has 0 radical (unpaired) electrons. The quantitative estimate of drug-likeness (QED) is 0.601. The standard InChI is InChI=1S/C24H31ClN2O.2ClH/c25-22-9-7-19(8-10-22)20-5-4-6-21(17-20)23(18-27-15-13-26-14-16-27)24(28)11-2-1-3-12-24;;/h4-10,17,23,26,28H,1-3,11-16,18H2;2*1H. The van der Waals surface area contributed by atoms with Crippen LogP contribution in [0, 0.1) is 0 Å². The molecule has 1 unspecified atom stereocenters. The Kier molecular flexibility index (Phi) is 9.93. The van der Waals surface area contributed by atoms with Crippen LogP contribution in [0.4, 0.5) is 0 Å². The van der Waals surface area contributed by atoms with Crippen molar-refractivity contribution in [2.45, 2.75) is 43.6 Å². The lowest BCUT2D eigenvalue weighted by molar-refractivity contribution is -0.0316. The molecule has 2 aromatic carbocycles. The molecule has 0 aromatic heterocycles. The van der Waals surface area contributed by atoms with Crippen molar-refractivity contribution >= 4 is 36.4 Å². The first kappa shape index (κ1) is 25.5. The van der Waals surface area contributed by atoms with Crippen LogP contribution in [-0.4, -0.2) is 48.3 Å². The van der Waals surface area contributed by atoms with Gasteiger partial charge in [0.15, 0.2) is 0 Å². The van der Waals surface area contributed by atoms with Gasteiger partial charge in [-0.15, -0.1) is 24.8 Å². The second-order valence-corrected chi connectivity index (χ2v) is 8.84. The summed E-state index contributed by atoms with van der Waals surface area (Å²) in [5.74, 6) is 0.151. The number of hydrogen-bond donors (Lipinski definition) is 2. The lowest BCUT2D eigenvalue weighted by atomic mass is 9.72. The third-order valence-corrected chi connectivity index (χ3v) is 6.74. The summed E-state index contributed by atoms with van der Waals surface area (Å²) in [4.78, 5) is 2.52. The zero-order valence-electron chi connectivity index (χ0n) is 17.4. The molecule has 0 amide bonds. The second-order valence-electron chi connectivity index (χ2n) is 8.40. The maximum absolute atomic E-state index is 11.7. The van der Waals surface area contributed by atoms with Crippen molar-refractivity contribution in [3.05, 3.63) is 59.1 Å². The fourth-order valence-electron chi connectivity index (χ4n) is 4.83. The Morgan fingerprint density at radius 1 is 0.933 bits per heavy atom. The predicted octanol–water partition coefficient (Wildman–Crippen LogP) is 5.53. The molecule has 0 bridgehead atoms. The molecule has 2 N–H and O–H groups in total. The molecule has 2 fully saturated rings. The Morgan fingerprint density at radius 2 is 1.60 bits per heavy atom. The smallest absolute Gasteiger partial charge is 0.0728 e. The first-order chi connectivity index (χ1) is 13.6. The number of hydrogen-bond acceptors (Lipinski definition) is 3. The maximum atomic E-state index is 11.7. The highest BCUT2D eigenvalue weighted by Crippen LogP contribution is 2.41. The molecule has 0 spiro atoms. The third kappa shape index (κ3) is 6.12. The summed E-state index contributed by atoms with van der Waals surface area (Å²) in [7, 11) is 0. The van der Waals surface area contributed by atoms with E-state index in [1.54, 1.807) is 0 Å². The van der Waals surface area contributed by atoms with Crippen LogP contribution in [0.2, 0.25) is 5.02 Å². The van der Waals surface area contributed by atoms with E-state index >= 15 is 0 Å². The van der Waals surface area contributed by atoms with Gasteiger partial charge in [-0.3, -0.25) is 0 Å². The molecule has 1 aliphatic heterocycles. The highest BCUT2D eigenvalue weighted by Gasteiger charge is 2.39. The number of benzene rings is 2. The van der Waals surface area contributed by atoms with Gasteiger partial charge >= 0.3 is 0 Å². The topological polar surface area (TPSA) is 35.5 Å². The summed E-state index contributed by atoms with van der Waals surface area (Å²) in [5.41, 5.74) is 3.03. The van der Waals surface area contributed by atoms with E-state index in [9.17, 15) is 5.11 Å². The molecule has 6 heteroatoms. The number of piperazine rings is 1. The summed E-state index contributed by atoms with van der Waals surface area (Å²) in [6, 6.07) is 16.8. The SMILES string of the molecule is Cl.Cl.OC1(C(CN2CCNCC2)c2cccc(-c3ccc(Cl)cc3)c2)CCCCC1. The molecule has 1 saturated carbocycles. The van der Waals surface area contributed by atoms with Gasteiger partial charge in [-0.25, -0.2) is 0 Å². The van der Waals surface area contributed by atoms with Crippen molar-refractivity contribution in [2.24, 2.45) is 0 Å². The molecule has 1 saturated heterocycles. The van der Waals surface area contributed by atoms with Crippen molar-refractivity contribution < 1.29 is 5.11 Å². The number of nitrogens with one attached hydrogen (secondary N) is 1. The first-order valence-electron chi connectivity index (χ1n) is 10.7. The Bertz CT molecular complexity index is 772. The molecule has 3 nitrogen and oxygen atoms in total. The van der Waals surface area contributed by atoms with E-state index < -0.39 is 5.60 Å². The van der Waals surface area contributed by atoms with Gasteiger partial charge in [0.1, 0.15) is 0 Å². The summed E-state index contributed by atoms with van der Waals surface area (Å²) < 4.78 is 0. The van der Waals surface area contributed by atoms with Gasteiger partial charge in [0.05, 0.1) is 5.60 Å². The highest BCUT2D eigenvalue weighted by molar-refractivity contribution is 6.30. The van der Waals surface area contributed by atoms with Gasteiger partial charge in [0.25, 0.3) is 0 Å². The number of halogens is 3. The van der Waals surface area contributed by atoms with Crippen molar-refractivity contribution in [3.63, 3.8) is 0 Å². The molecule has 1 atom stereocenters. The van der Waals surface area contributed by atoms with Crippen LogP contribution in [0.25, 0.3) is 11.1 Å². The van der Waals surface area contributed by atoms with Crippen molar-refractivity contribution in [1.29, 1.82) is 0 Å². The largest absolute Gasteiger partial charge is 0.389 e. The normalized spacial score (nSPS) is 19.9. The molecule has 4 rings (SSSR count). The van der Waals surface area contributed by atoms with E-state index in [4.69, 9.17) is 11.6 Å². The van der Waals surface area contributed by atoms with Crippen molar-refractivity contribution in [2.75, 3.05) is 32.7 Å². The average molecular weight is 472 g/mol. The maximum Gasteiger partial charge on any atom is 0.0728 e. The van der Waals surface area contributed by atoms with E-state index in [0.717, 1.165) is 63.4 Å². The lowest BCUT2D eigenvalue weighted by Crippen LogP contribution is -2.49. The van der Waals surface area contributed by atoms with Crippen LogP contribution in [0.15, 0.2) is 48.5 Å². The van der Waals surface area contributed by atoms with E-state index in [2.05, 4.69) is 46.6 Å². The Labute approximate surface area is 198 Å². The molecular formula is C24H33Cl3N2O. The minimum atomic E-state index is -0.595. The molecule has 30 heavy (non-hydrogen) atoms. The van der Waals surface area contributed by atoms with Crippen molar-refractivity contribution in [3.8, 4) is 11.1 Å². The minimum Gasteiger partial charge on any atom is -0.389 e. The molecular weight excluding hydrogens is 439 g/mol.